The van der Waals surface area contributed by atoms with E-state index in [0.717, 1.165) is 39.1 Å². The molecule has 0 amide bonds. The molecule has 2 aliphatic heterocycles. The third-order valence-electron chi connectivity index (χ3n) is 4.85. The van der Waals surface area contributed by atoms with Crippen LogP contribution in [-0.4, -0.2) is 31.1 Å². The highest BCUT2D eigenvalue weighted by atomic mass is 16.5. The molecule has 0 aromatic rings. The van der Waals surface area contributed by atoms with E-state index < -0.39 is 0 Å². The fraction of sp³-hybridized carbons (Fsp3) is 1.00. The second-order valence-electron chi connectivity index (χ2n) is 7.01. The summed E-state index contributed by atoms with van der Waals surface area (Å²) in [6, 6.07) is 0. The van der Waals surface area contributed by atoms with Gasteiger partial charge in [0.2, 0.25) is 0 Å². The highest BCUT2D eigenvalue weighted by molar-refractivity contribution is 5.03. The van der Waals surface area contributed by atoms with Gasteiger partial charge in [0.25, 0.3) is 0 Å². The van der Waals surface area contributed by atoms with Crippen LogP contribution < -0.4 is 5.32 Å². The molecule has 0 aromatic carbocycles. The summed E-state index contributed by atoms with van der Waals surface area (Å²) in [5, 5.41) is 3.81. The van der Waals surface area contributed by atoms with Gasteiger partial charge < -0.3 is 9.47 Å². The van der Waals surface area contributed by atoms with Gasteiger partial charge in [0, 0.05) is 0 Å². The molecule has 1 aliphatic carbocycles. The minimum atomic E-state index is -0.0458. The van der Waals surface area contributed by atoms with Gasteiger partial charge in [-0.3, -0.25) is 5.32 Å². The molecule has 0 radical (unpaired) electrons. The van der Waals surface area contributed by atoms with Gasteiger partial charge in [-0.1, -0.05) is 13.8 Å². The first kappa shape index (κ1) is 11.9. The highest BCUT2D eigenvalue weighted by Gasteiger charge is 2.49. The maximum Gasteiger partial charge on any atom is 0.119 e. The average Bonchev–Trinajstić information content (AvgIpc) is 2.37. The van der Waals surface area contributed by atoms with E-state index in [1.165, 1.54) is 19.3 Å². The van der Waals surface area contributed by atoms with Crippen LogP contribution in [0.15, 0.2) is 0 Å². The Morgan fingerprint density at radius 2 is 1.76 bits per heavy atom. The lowest BCUT2D eigenvalue weighted by molar-refractivity contribution is -0.201. The Bertz CT molecular complexity index is 299. The minimum Gasteiger partial charge on any atom is -0.377 e. The second-order valence-corrected chi connectivity index (χ2v) is 7.01. The summed E-state index contributed by atoms with van der Waals surface area (Å²) in [6.45, 7) is 7.42. The first-order valence-corrected chi connectivity index (χ1v) is 7.05. The molecular weight excluding hydrogens is 214 g/mol. The predicted octanol–water partition coefficient (Wildman–Crippen LogP) is 2.45. The van der Waals surface area contributed by atoms with Crippen LogP contribution in [0, 0.1) is 5.41 Å². The topological polar surface area (TPSA) is 30.5 Å². The van der Waals surface area contributed by atoms with Crippen molar-refractivity contribution in [1.82, 2.24) is 5.32 Å². The molecule has 2 saturated heterocycles. The van der Waals surface area contributed by atoms with Crippen LogP contribution in [0.1, 0.15) is 52.4 Å². The number of rotatable bonds is 0. The standard InChI is InChI=1S/C14H25NO2/c1-12(2)4-3-5-14(7-6-12)15-13(8-9-17-14)10-16-11-13/h15H,3-11H2,1-2H3. The fourth-order valence-electron chi connectivity index (χ4n) is 3.50. The van der Waals surface area contributed by atoms with Crippen LogP contribution in [0.25, 0.3) is 0 Å². The van der Waals surface area contributed by atoms with Crippen molar-refractivity contribution in [3.05, 3.63) is 0 Å². The molecule has 3 heteroatoms. The van der Waals surface area contributed by atoms with Gasteiger partial charge in [0.15, 0.2) is 0 Å². The summed E-state index contributed by atoms with van der Waals surface area (Å²) in [7, 11) is 0. The lowest BCUT2D eigenvalue weighted by Gasteiger charge is -2.53. The van der Waals surface area contributed by atoms with Crippen LogP contribution in [-0.2, 0) is 9.47 Å². The van der Waals surface area contributed by atoms with Crippen molar-refractivity contribution < 1.29 is 9.47 Å². The smallest absolute Gasteiger partial charge is 0.119 e. The summed E-state index contributed by atoms with van der Waals surface area (Å²) in [5.41, 5.74) is 0.678. The number of hydrogen-bond donors (Lipinski definition) is 1. The van der Waals surface area contributed by atoms with Crippen LogP contribution >= 0.6 is 0 Å². The maximum atomic E-state index is 6.14. The zero-order valence-electron chi connectivity index (χ0n) is 11.2. The van der Waals surface area contributed by atoms with E-state index in [1.54, 1.807) is 0 Å². The molecule has 1 unspecified atom stereocenters. The van der Waals surface area contributed by atoms with Crippen molar-refractivity contribution in [2.75, 3.05) is 19.8 Å². The molecule has 3 fully saturated rings. The van der Waals surface area contributed by atoms with Gasteiger partial charge in [-0.15, -0.1) is 0 Å². The zero-order valence-corrected chi connectivity index (χ0v) is 11.2. The van der Waals surface area contributed by atoms with Crippen molar-refractivity contribution in [3.8, 4) is 0 Å². The zero-order chi connectivity index (χ0) is 12.0. The SMILES string of the molecule is CC1(C)CCCC2(CC1)NC1(CCO2)COC1. The molecule has 3 rings (SSSR count). The van der Waals surface area contributed by atoms with Crippen LogP contribution in [0.5, 0.6) is 0 Å². The Morgan fingerprint density at radius 3 is 2.47 bits per heavy atom. The Morgan fingerprint density at radius 1 is 0.941 bits per heavy atom. The molecule has 1 N–H and O–H groups in total. The predicted molar refractivity (Wildman–Crippen MR) is 66.9 cm³/mol. The normalized spacial score (nSPS) is 39.9. The van der Waals surface area contributed by atoms with Gasteiger partial charge in [-0.05, 0) is 43.9 Å². The summed E-state index contributed by atoms with van der Waals surface area (Å²) in [5.74, 6) is 0. The Kier molecular flexibility index (Phi) is 2.77. The van der Waals surface area contributed by atoms with Crippen molar-refractivity contribution in [3.63, 3.8) is 0 Å². The maximum absolute atomic E-state index is 6.14. The quantitative estimate of drug-likeness (QED) is 0.704. The summed E-state index contributed by atoms with van der Waals surface area (Å²) in [4.78, 5) is 0. The fourth-order valence-corrected chi connectivity index (χ4v) is 3.50. The highest BCUT2D eigenvalue weighted by Crippen LogP contribution is 2.42. The lowest BCUT2D eigenvalue weighted by atomic mass is 9.84. The molecule has 17 heavy (non-hydrogen) atoms. The van der Waals surface area contributed by atoms with E-state index in [4.69, 9.17) is 9.47 Å². The Balaban J connectivity index is 1.72. The molecule has 1 saturated carbocycles. The first-order valence-electron chi connectivity index (χ1n) is 7.05. The summed E-state index contributed by atoms with van der Waals surface area (Å²) >= 11 is 0. The van der Waals surface area contributed by atoms with Gasteiger partial charge in [-0.25, -0.2) is 0 Å². The van der Waals surface area contributed by atoms with E-state index in [1.807, 2.05) is 0 Å². The largest absolute Gasteiger partial charge is 0.377 e. The van der Waals surface area contributed by atoms with Crippen molar-refractivity contribution >= 4 is 0 Å². The Labute approximate surface area is 104 Å². The molecular formula is C14H25NO2. The third-order valence-corrected chi connectivity index (χ3v) is 4.85. The lowest BCUT2D eigenvalue weighted by Crippen LogP contribution is -2.71. The molecule has 0 aromatic heterocycles. The van der Waals surface area contributed by atoms with Gasteiger partial charge in [0.05, 0.1) is 25.4 Å². The van der Waals surface area contributed by atoms with Crippen LogP contribution in [0.3, 0.4) is 0 Å². The minimum absolute atomic E-state index is 0.0458. The Hall–Kier alpha value is -0.120. The van der Waals surface area contributed by atoms with E-state index in [-0.39, 0.29) is 11.3 Å². The van der Waals surface area contributed by atoms with Crippen LogP contribution in [0.2, 0.25) is 0 Å². The van der Waals surface area contributed by atoms with Gasteiger partial charge in [-0.2, -0.15) is 0 Å². The van der Waals surface area contributed by atoms with Crippen molar-refractivity contribution in [2.24, 2.45) is 5.41 Å². The number of ether oxygens (including phenoxy) is 2. The van der Waals surface area contributed by atoms with E-state index >= 15 is 0 Å². The monoisotopic (exact) mass is 239 g/mol. The second kappa shape index (κ2) is 3.94. The number of hydrogen-bond acceptors (Lipinski definition) is 3. The van der Waals surface area contributed by atoms with E-state index in [9.17, 15) is 0 Å². The first-order chi connectivity index (χ1) is 8.04. The molecule has 3 aliphatic rings. The number of nitrogens with one attached hydrogen (secondary N) is 1. The van der Waals surface area contributed by atoms with Gasteiger partial charge >= 0.3 is 0 Å². The molecule has 3 nitrogen and oxygen atoms in total. The van der Waals surface area contributed by atoms with Crippen LogP contribution in [0.4, 0.5) is 0 Å². The molecule has 1 atom stereocenters. The molecule has 0 bridgehead atoms. The molecule has 2 spiro atoms. The van der Waals surface area contributed by atoms with Gasteiger partial charge in [0.1, 0.15) is 5.72 Å². The third kappa shape index (κ3) is 2.25. The summed E-state index contributed by atoms with van der Waals surface area (Å²) in [6.07, 6.45) is 7.29. The molecule has 98 valence electrons. The van der Waals surface area contributed by atoms with E-state index in [0.29, 0.717) is 5.41 Å². The molecule has 2 heterocycles. The van der Waals surface area contributed by atoms with Crippen molar-refractivity contribution in [1.29, 1.82) is 0 Å². The summed E-state index contributed by atoms with van der Waals surface area (Å²) < 4.78 is 11.5. The van der Waals surface area contributed by atoms with Crippen molar-refractivity contribution in [2.45, 2.75) is 63.6 Å². The average molecular weight is 239 g/mol. The van der Waals surface area contributed by atoms with E-state index in [2.05, 4.69) is 19.2 Å².